The number of hydrogen-bond acceptors (Lipinski definition) is 6. The van der Waals surface area contributed by atoms with Crippen LogP contribution in [0.25, 0.3) is 11.4 Å². The number of hydrazone groups is 1. The molecule has 7 nitrogen and oxygen atoms in total. The average Bonchev–Trinajstić information content (AvgIpc) is 3.22. The van der Waals surface area contributed by atoms with Gasteiger partial charge < -0.3 is 4.74 Å². The molecule has 0 bridgehead atoms. The lowest BCUT2D eigenvalue weighted by atomic mass is 10.1. The minimum atomic E-state index is -0.193. The maximum atomic E-state index is 13.0. The molecule has 2 aromatic carbocycles. The third-order valence-corrected chi connectivity index (χ3v) is 6.21. The summed E-state index contributed by atoms with van der Waals surface area (Å²) in [5.41, 5.74) is 2.74. The van der Waals surface area contributed by atoms with E-state index in [1.165, 1.54) is 16.8 Å². The highest BCUT2D eigenvalue weighted by Crippen LogP contribution is 2.41. The molecule has 4 rings (SSSR count). The summed E-state index contributed by atoms with van der Waals surface area (Å²) >= 11 is 1.34. The summed E-state index contributed by atoms with van der Waals surface area (Å²) in [6.07, 6.45) is 0.566. The minimum Gasteiger partial charge on any atom is -0.497 e. The van der Waals surface area contributed by atoms with E-state index < -0.39 is 0 Å². The van der Waals surface area contributed by atoms with Crippen molar-refractivity contribution >= 4 is 34.4 Å². The highest BCUT2D eigenvalue weighted by atomic mass is 32.2. The molecule has 0 saturated carbocycles. The zero-order valence-corrected chi connectivity index (χ0v) is 19.3. The number of fused-ring (bicyclic) bond motifs is 1. The number of imidazole rings is 1. The molecule has 0 unspecified atom stereocenters. The Morgan fingerprint density at radius 2 is 1.56 bits per heavy atom. The van der Waals surface area contributed by atoms with E-state index in [1.54, 1.807) is 18.6 Å². The molecule has 1 aromatic heterocycles. The molecule has 3 aromatic rings. The average molecular weight is 449 g/mol. The predicted molar refractivity (Wildman–Crippen MR) is 126 cm³/mol. The van der Waals surface area contributed by atoms with Gasteiger partial charge in [-0.3, -0.25) is 14.2 Å². The summed E-state index contributed by atoms with van der Waals surface area (Å²) < 4.78 is 6.86. The largest absolute Gasteiger partial charge is 0.497 e. The van der Waals surface area contributed by atoms with E-state index in [0.29, 0.717) is 28.1 Å². The molecule has 8 heteroatoms. The van der Waals surface area contributed by atoms with Crippen molar-refractivity contribution in [3.05, 3.63) is 59.7 Å². The van der Waals surface area contributed by atoms with E-state index in [4.69, 9.17) is 9.72 Å². The zero-order valence-electron chi connectivity index (χ0n) is 18.5. The lowest BCUT2D eigenvalue weighted by molar-refractivity contribution is -0.118. The van der Waals surface area contributed by atoms with Gasteiger partial charge in [-0.25, -0.2) is 4.98 Å². The monoisotopic (exact) mass is 448 g/mol. The number of ether oxygens (including phenoxy) is 1. The molecule has 0 atom stereocenters. The first kappa shape index (κ1) is 21.8. The highest BCUT2D eigenvalue weighted by molar-refractivity contribution is 8.14. The second kappa shape index (κ2) is 9.00. The van der Waals surface area contributed by atoms with Crippen LogP contribution in [0, 0.1) is 6.92 Å². The van der Waals surface area contributed by atoms with E-state index in [1.807, 2.05) is 62.4 Å². The van der Waals surface area contributed by atoms with Crippen LogP contribution in [0.2, 0.25) is 0 Å². The van der Waals surface area contributed by atoms with Gasteiger partial charge in [0.15, 0.2) is 5.82 Å². The van der Waals surface area contributed by atoms with Gasteiger partial charge in [0.2, 0.25) is 11.8 Å². The Hall–Kier alpha value is -3.39. The molecule has 0 spiro atoms. The smallest absolute Gasteiger partial charge is 0.248 e. The molecule has 32 heavy (non-hydrogen) atoms. The Bertz CT molecular complexity index is 1200. The van der Waals surface area contributed by atoms with Gasteiger partial charge in [0.05, 0.1) is 7.11 Å². The van der Waals surface area contributed by atoms with Gasteiger partial charge in [0.25, 0.3) is 0 Å². The topological polar surface area (TPSA) is 76.8 Å². The number of anilines is 1. The van der Waals surface area contributed by atoms with E-state index in [-0.39, 0.29) is 18.2 Å². The first-order valence-electron chi connectivity index (χ1n) is 10.4. The van der Waals surface area contributed by atoms with Crippen molar-refractivity contribution in [2.75, 3.05) is 12.1 Å². The molecule has 0 fully saturated rings. The second-order valence-corrected chi connectivity index (χ2v) is 8.29. The first-order valence-corrected chi connectivity index (χ1v) is 11.2. The fourth-order valence-electron chi connectivity index (χ4n) is 3.33. The normalized spacial score (nSPS) is 12.9. The van der Waals surface area contributed by atoms with Gasteiger partial charge in [-0.05, 0) is 43.0 Å². The Morgan fingerprint density at radius 1 is 0.938 bits per heavy atom. The van der Waals surface area contributed by atoms with Crippen LogP contribution in [0.15, 0.2) is 58.7 Å². The summed E-state index contributed by atoms with van der Waals surface area (Å²) in [5, 5.41) is 7.13. The minimum absolute atomic E-state index is 0.0956. The molecule has 2 heterocycles. The number of aromatic nitrogens is 2. The number of aryl methyl sites for hydroxylation is 1. The highest BCUT2D eigenvalue weighted by Gasteiger charge is 2.33. The van der Waals surface area contributed by atoms with Crippen molar-refractivity contribution in [2.45, 2.75) is 38.6 Å². The molecule has 0 N–H and O–H groups in total. The van der Waals surface area contributed by atoms with Crippen LogP contribution in [-0.2, 0) is 4.79 Å². The van der Waals surface area contributed by atoms with E-state index >= 15 is 0 Å². The number of carbonyl (C=O) groups excluding carboxylic acids is 2. The van der Waals surface area contributed by atoms with Crippen LogP contribution in [0.3, 0.4) is 0 Å². The van der Waals surface area contributed by atoms with Gasteiger partial charge in [-0.15, -0.1) is 0 Å². The van der Waals surface area contributed by atoms with Crippen molar-refractivity contribution < 1.29 is 14.3 Å². The standard InChI is InChI=1S/C24H24N4O3S/c1-5-19(29)27-21(16-9-7-15(3)8-10-16)25-22-24(27)32-23(26-28(22)20(30)6-2)17-11-13-18(31-4)14-12-17/h7-14H,5-6H2,1-4H3. The number of thioether (sulfide) groups is 1. The van der Waals surface area contributed by atoms with Crippen molar-refractivity contribution in [2.24, 2.45) is 5.10 Å². The molecule has 0 saturated heterocycles. The first-order chi connectivity index (χ1) is 15.5. The Balaban J connectivity index is 1.89. The Morgan fingerprint density at radius 3 is 2.16 bits per heavy atom. The molecule has 0 aliphatic carbocycles. The van der Waals surface area contributed by atoms with Gasteiger partial charge in [0, 0.05) is 24.0 Å². The third-order valence-electron chi connectivity index (χ3n) is 5.14. The molecular weight excluding hydrogens is 424 g/mol. The quantitative estimate of drug-likeness (QED) is 0.541. The Kier molecular flexibility index (Phi) is 6.14. The van der Waals surface area contributed by atoms with Crippen molar-refractivity contribution in [3.63, 3.8) is 0 Å². The summed E-state index contributed by atoms with van der Waals surface area (Å²) in [6.45, 7) is 5.60. The van der Waals surface area contributed by atoms with Crippen LogP contribution in [0.4, 0.5) is 5.82 Å². The van der Waals surface area contributed by atoms with Gasteiger partial charge >= 0.3 is 0 Å². The number of carbonyl (C=O) groups is 2. The molecule has 1 amide bonds. The SMILES string of the molecule is CCC(=O)N1N=C(c2ccc(OC)cc2)Sc2c1nc(-c1ccc(C)cc1)n2C(=O)CC. The van der Waals surface area contributed by atoms with Gasteiger partial charge in [-0.1, -0.05) is 43.7 Å². The lowest BCUT2D eigenvalue weighted by Crippen LogP contribution is -2.29. The van der Waals surface area contributed by atoms with Crippen molar-refractivity contribution in [3.8, 4) is 17.1 Å². The molecular formula is C24H24N4O3S. The predicted octanol–water partition coefficient (Wildman–Crippen LogP) is 5.13. The fourth-order valence-corrected chi connectivity index (χ4v) is 4.40. The van der Waals surface area contributed by atoms with Crippen molar-refractivity contribution in [1.29, 1.82) is 0 Å². The fraction of sp³-hybridized carbons (Fsp3) is 0.250. The van der Waals surface area contributed by atoms with Crippen LogP contribution >= 0.6 is 11.8 Å². The van der Waals surface area contributed by atoms with Crippen LogP contribution in [-0.4, -0.2) is 33.5 Å². The zero-order chi connectivity index (χ0) is 22.8. The molecule has 0 radical (unpaired) electrons. The molecule has 1 aliphatic rings. The number of rotatable bonds is 5. The molecule has 164 valence electrons. The van der Waals surface area contributed by atoms with E-state index in [2.05, 4.69) is 5.10 Å². The second-order valence-electron chi connectivity index (χ2n) is 7.31. The van der Waals surface area contributed by atoms with E-state index in [0.717, 1.165) is 22.4 Å². The van der Waals surface area contributed by atoms with E-state index in [9.17, 15) is 9.59 Å². The summed E-state index contributed by atoms with van der Waals surface area (Å²) in [4.78, 5) is 30.6. The molecule has 1 aliphatic heterocycles. The van der Waals surface area contributed by atoms with Crippen molar-refractivity contribution in [1.82, 2.24) is 9.55 Å². The van der Waals surface area contributed by atoms with Crippen LogP contribution < -0.4 is 9.75 Å². The maximum absolute atomic E-state index is 13.0. The number of benzene rings is 2. The summed E-state index contributed by atoms with van der Waals surface area (Å²) in [5.74, 6) is 1.33. The Labute approximate surface area is 191 Å². The van der Waals surface area contributed by atoms with Crippen LogP contribution in [0.1, 0.15) is 42.6 Å². The third kappa shape index (κ3) is 3.93. The number of amides is 1. The number of methoxy groups -OCH3 is 1. The summed E-state index contributed by atoms with van der Waals surface area (Å²) in [6, 6.07) is 15.3. The lowest BCUT2D eigenvalue weighted by Gasteiger charge is -2.22. The van der Waals surface area contributed by atoms with Crippen LogP contribution in [0.5, 0.6) is 5.75 Å². The number of nitrogens with zero attached hydrogens (tertiary/aromatic N) is 4. The number of hydrogen-bond donors (Lipinski definition) is 0. The summed E-state index contributed by atoms with van der Waals surface area (Å²) in [7, 11) is 1.61. The maximum Gasteiger partial charge on any atom is 0.248 e. The van der Waals surface area contributed by atoms with Gasteiger partial charge in [0.1, 0.15) is 21.6 Å². The van der Waals surface area contributed by atoms with Gasteiger partial charge in [-0.2, -0.15) is 10.1 Å².